The first kappa shape index (κ1) is 25.7. The largest absolute Gasteiger partial charge is 0.420 e. The van der Waals surface area contributed by atoms with Gasteiger partial charge in [0.2, 0.25) is 0 Å². The smallest absolute Gasteiger partial charge is 0.343 e. The van der Waals surface area contributed by atoms with Crippen molar-refractivity contribution >= 4 is 5.97 Å². The summed E-state index contributed by atoms with van der Waals surface area (Å²) in [6.07, 6.45) is 11.7. The number of carbonyl (C=O) groups excluding carboxylic acids is 1. The standard InChI is InChI=1S/C31H37FO2/c1-3-5-7-8-10-11-24-13-16-26(17-14-24)27-18-20-28(21-19-27)31(33)34-30-22-15-25(23-29(30)32)12-9-6-4-2/h13-23H,3-12H2,1-2H3. The molecule has 0 unspecified atom stereocenters. The van der Waals surface area contributed by atoms with Gasteiger partial charge in [0.1, 0.15) is 0 Å². The number of carbonyl (C=O) groups is 1. The number of rotatable bonds is 13. The molecule has 180 valence electrons. The van der Waals surface area contributed by atoms with E-state index in [2.05, 4.69) is 38.1 Å². The number of benzene rings is 3. The van der Waals surface area contributed by atoms with E-state index in [1.807, 2.05) is 18.2 Å². The fourth-order valence-corrected chi connectivity index (χ4v) is 4.12. The Bertz CT molecular complexity index is 1020. The monoisotopic (exact) mass is 460 g/mol. The van der Waals surface area contributed by atoms with E-state index >= 15 is 0 Å². The predicted molar refractivity (Wildman–Crippen MR) is 139 cm³/mol. The molecule has 3 rings (SSSR count). The van der Waals surface area contributed by atoms with E-state index < -0.39 is 11.8 Å². The second-order valence-corrected chi connectivity index (χ2v) is 9.05. The van der Waals surface area contributed by atoms with E-state index in [4.69, 9.17) is 4.74 Å². The highest BCUT2D eigenvalue weighted by molar-refractivity contribution is 5.91. The van der Waals surface area contributed by atoms with Gasteiger partial charge in [0.05, 0.1) is 5.56 Å². The first-order valence-electron chi connectivity index (χ1n) is 12.8. The highest BCUT2D eigenvalue weighted by Crippen LogP contribution is 2.24. The van der Waals surface area contributed by atoms with Gasteiger partial charge in [-0.15, -0.1) is 0 Å². The molecule has 0 bridgehead atoms. The number of halogens is 1. The van der Waals surface area contributed by atoms with Crippen molar-refractivity contribution in [3.8, 4) is 16.9 Å². The molecule has 0 aliphatic heterocycles. The molecular formula is C31H37FO2. The van der Waals surface area contributed by atoms with Crippen LogP contribution in [0.4, 0.5) is 4.39 Å². The first-order valence-corrected chi connectivity index (χ1v) is 12.8. The first-order chi connectivity index (χ1) is 16.6. The van der Waals surface area contributed by atoms with Crippen LogP contribution in [-0.4, -0.2) is 5.97 Å². The van der Waals surface area contributed by atoms with E-state index in [-0.39, 0.29) is 5.75 Å². The van der Waals surface area contributed by atoms with Crippen molar-refractivity contribution in [2.45, 2.75) is 78.1 Å². The van der Waals surface area contributed by atoms with Crippen LogP contribution in [0.3, 0.4) is 0 Å². The molecular weight excluding hydrogens is 423 g/mol. The van der Waals surface area contributed by atoms with Crippen LogP contribution in [0.1, 0.15) is 86.7 Å². The highest BCUT2D eigenvalue weighted by atomic mass is 19.1. The van der Waals surface area contributed by atoms with Crippen molar-refractivity contribution < 1.29 is 13.9 Å². The quantitative estimate of drug-likeness (QED) is 0.144. The van der Waals surface area contributed by atoms with E-state index in [0.29, 0.717) is 5.56 Å². The lowest BCUT2D eigenvalue weighted by Gasteiger charge is -2.09. The molecule has 0 atom stereocenters. The van der Waals surface area contributed by atoms with Crippen LogP contribution in [-0.2, 0) is 12.8 Å². The summed E-state index contributed by atoms with van der Waals surface area (Å²) in [7, 11) is 0. The average Bonchev–Trinajstić information content (AvgIpc) is 2.86. The lowest BCUT2D eigenvalue weighted by molar-refractivity contribution is 0.0728. The highest BCUT2D eigenvalue weighted by Gasteiger charge is 2.13. The molecule has 0 amide bonds. The summed E-state index contributed by atoms with van der Waals surface area (Å²) in [6, 6.07) is 20.8. The van der Waals surface area contributed by atoms with E-state index in [1.54, 1.807) is 18.2 Å². The molecule has 34 heavy (non-hydrogen) atoms. The van der Waals surface area contributed by atoms with Gasteiger partial charge in [-0.1, -0.05) is 94.8 Å². The van der Waals surface area contributed by atoms with Gasteiger partial charge < -0.3 is 4.74 Å². The Kier molecular flexibility index (Phi) is 10.3. The third-order valence-corrected chi connectivity index (χ3v) is 6.24. The summed E-state index contributed by atoms with van der Waals surface area (Å²) < 4.78 is 19.7. The maximum Gasteiger partial charge on any atom is 0.343 e. The van der Waals surface area contributed by atoms with Gasteiger partial charge in [0.15, 0.2) is 11.6 Å². The molecule has 0 spiro atoms. The van der Waals surface area contributed by atoms with Crippen molar-refractivity contribution in [2.75, 3.05) is 0 Å². The van der Waals surface area contributed by atoms with Crippen molar-refractivity contribution in [3.63, 3.8) is 0 Å². The van der Waals surface area contributed by atoms with Gasteiger partial charge in [-0.25, -0.2) is 9.18 Å². The lowest BCUT2D eigenvalue weighted by atomic mass is 10.00. The topological polar surface area (TPSA) is 26.3 Å². The minimum Gasteiger partial charge on any atom is -0.420 e. The summed E-state index contributed by atoms with van der Waals surface area (Å²) >= 11 is 0. The number of aryl methyl sites for hydroxylation is 2. The molecule has 0 aliphatic rings. The predicted octanol–water partition coefficient (Wildman–Crippen LogP) is 8.96. The minimum atomic E-state index is -0.553. The third-order valence-electron chi connectivity index (χ3n) is 6.24. The fraction of sp³-hybridized carbons (Fsp3) is 0.387. The van der Waals surface area contributed by atoms with Crippen LogP contribution >= 0.6 is 0 Å². The normalized spacial score (nSPS) is 10.9. The van der Waals surface area contributed by atoms with Crippen LogP contribution in [0.25, 0.3) is 11.1 Å². The Hall–Kier alpha value is -2.94. The van der Waals surface area contributed by atoms with Gasteiger partial charge >= 0.3 is 5.97 Å². The second kappa shape index (κ2) is 13.7. The van der Waals surface area contributed by atoms with Crippen LogP contribution in [0, 0.1) is 5.82 Å². The summed E-state index contributed by atoms with van der Waals surface area (Å²) in [4.78, 5) is 12.5. The third kappa shape index (κ3) is 7.83. The zero-order valence-corrected chi connectivity index (χ0v) is 20.6. The fourth-order valence-electron chi connectivity index (χ4n) is 4.12. The molecule has 2 nitrogen and oxygen atoms in total. The molecule has 3 aromatic rings. The summed E-state index contributed by atoms with van der Waals surface area (Å²) in [5.41, 5.74) is 4.84. The van der Waals surface area contributed by atoms with Crippen LogP contribution in [0.15, 0.2) is 66.7 Å². The van der Waals surface area contributed by atoms with Crippen LogP contribution in [0.2, 0.25) is 0 Å². The molecule has 0 aliphatic carbocycles. The molecule has 0 saturated carbocycles. The average molecular weight is 461 g/mol. The van der Waals surface area contributed by atoms with E-state index in [0.717, 1.165) is 48.8 Å². The molecule has 0 radical (unpaired) electrons. The lowest BCUT2D eigenvalue weighted by Crippen LogP contribution is -2.09. The van der Waals surface area contributed by atoms with Crippen molar-refractivity contribution in [1.82, 2.24) is 0 Å². The number of hydrogen-bond acceptors (Lipinski definition) is 2. The maximum atomic E-state index is 14.4. The Morgan fingerprint density at radius 2 is 1.21 bits per heavy atom. The Balaban J connectivity index is 1.55. The van der Waals surface area contributed by atoms with Crippen LogP contribution < -0.4 is 4.74 Å². The molecule has 3 aromatic carbocycles. The van der Waals surface area contributed by atoms with Crippen molar-refractivity contribution in [3.05, 3.63) is 89.2 Å². The van der Waals surface area contributed by atoms with Gasteiger partial charge in [-0.05, 0) is 72.2 Å². The van der Waals surface area contributed by atoms with E-state index in [9.17, 15) is 9.18 Å². The van der Waals surface area contributed by atoms with Crippen molar-refractivity contribution in [2.24, 2.45) is 0 Å². The number of ether oxygens (including phenoxy) is 1. The molecule has 0 heterocycles. The summed E-state index contributed by atoms with van der Waals surface area (Å²) in [6.45, 7) is 4.38. The SMILES string of the molecule is CCCCCCCc1ccc(-c2ccc(C(=O)Oc3ccc(CCCCC)cc3F)cc2)cc1. The minimum absolute atomic E-state index is 0.0291. The summed E-state index contributed by atoms with van der Waals surface area (Å²) in [5, 5.41) is 0. The van der Waals surface area contributed by atoms with Gasteiger partial charge in [-0.3, -0.25) is 0 Å². The Morgan fingerprint density at radius 3 is 1.85 bits per heavy atom. The molecule has 0 fully saturated rings. The molecule has 0 saturated heterocycles. The molecule has 0 N–H and O–H groups in total. The number of unbranched alkanes of at least 4 members (excludes halogenated alkanes) is 6. The zero-order valence-electron chi connectivity index (χ0n) is 20.6. The number of hydrogen-bond donors (Lipinski definition) is 0. The second-order valence-electron chi connectivity index (χ2n) is 9.05. The maximum absolute atomic E-state index is 14.4. The molecule has 0 aromatic heterocycles. The number of esters is 1. The van der Waals surface area contributed by atoms with Gasteiger partial charge in [0.25, 0.3) is 0 Å². The zero-order chi connectivity index (χ0) is 24.2. The van der Waals surface area contributed by atoms with Crippen LogP contribution in [0.5, 0.6) is 5.75 Å². The Morgan fingerprint density at radius 1 is 0.676 bits per heavy atom. The summed E-state index contributed by atoms with van der Waals surface area (Å²) in [5.74, 6) is -1.08. The van der Waals surface area contributed by atoms with Gasteiger partial charge in [0, 0.05) is 0 Å². The van der Waals surface area contributed by atoms with Crippen molar-refractivity contribution in [1.29, 1.82) is 0 Å². The molecule has 3 heteroatoms. The van der Waals surface area contributed by atoms with E-state index in [1.165, 1.54) is 43.7 Å². The van der Waals surface area contributed by atoms with Gasteiger partial charge in [-0.2, -0.15) is 0 Å². The Labute approximate surface area is 204 Å².